The second-order valence-electron chi connectivity index (χ2n) is 6.49. The molecule has 0 aromatic rings. The molecule has 5 nitrogen and oxygen atoms in total. The van der Waals surface area contributed by atoms with Crippen molar-refractivity contribution in [3.8, 4) is 0 Å². The van der Waals surface area contributed by atoms with Crippen molar-refractivity contribution in [2.45, 2.75) is 62.5 Å². The van der Waals surface area contributed by atoms with Crippen LogP contribution in [0.4, 0.5) is 4.79 Å². The molecular formula is C16H28N2O3S. The highest BCUT2D eigenvalue weighted by molar-refractivity contribution is 7.99. The lowest BCUT2D eigenvalue weighted by Crippen LogP contribution is -2.52. The van der Waals surface area contributed by atoms with Crippen LogP contribution in [0.25, 0.3) is 0 Å². The van der Waals surface area contributed by atoms with Crippen molar-refractivity contribution in [2.24, 2.45) is 0 Å². The van der Waals surface area contributed by atoms with Gasteiger partial charge in [0.2, 0.25) is 0 Å². The number of piperidine rings is 1. The number of amides is 2. The van der Waals surface area contributed by atoms with Crippen molar-refractivity contribution in [1.82, 2.24) is 10.2 Å². The van der Waals surface area contributed by atoms with Crippen LogP contribution in [-0.4, -0.2) is 60.1 Å². The van der Waals surface area contributed by atoms with Crippen molar-refractivity contribution >= 4 is 17.8 Å². The van der Waals surface area contributed by atoms with Gasteiger partial charge in [-0.15, -0.1) is 0 Å². The number of ether oxygens (including phenoxy) is 2. The Morgan fingerprint density at radius 3 is 2.68 bits per heavy atom. The minimum absolute atomic E-state index is 0.0972. The van der Waals surface area contributed by atoms with Gasteiger partial charge >= 0.3 is 6.03 Å². The molecule has 2 atom stereocenters. The monoisotopic (exact) mass is 328 g/mol. The quantitative estimate of drug-likeness (QED) is 0.865. The summed E-state index contributed by atoms with van der Waals surface area (Å²) >= 11 is 2.03. The molecule has 2 aliphatic heterocycles. The fraction of sp³-hybridized carbons (Fsp3) is 0.938. The molecule has 1 saturated carbocycles. The van der Waals surface area contributed by atoms with Gasteiger partial charge in [-0.3, -0.25) is 0 Å². The average Bonchev–Trinajstić information content (AvgIpc) is 2.97. The molecule has 3 aliphatic rings. The van der Waals surface area contributed by atoms with E-state index in [9.17, 15) is 4.79 Å². The number of urea groups is 1. The van der Waals surface area contributed by atoms with Gasteiger partial charge in [-0.25, -0.2) is 4.79 Å². The SMILES string of the molecule is CCSC1CCCC(NC(=O)N2CCC3(CC2)OCCO3)C1. The molecule has 1 spiro atoms. The molecule has 1 N–H and O–H groups in total. The van der Waals surface area contributed by atoms with Gasteiger partial charge in [0.15, 0.2) is 5.79 Å². The molecule has 2 unspecified atom stereocenters. The van der Waals surface area contributed by atoms with Crippen LogP contribution in [0, 0.1) is 0 Å². The predicted molar refractivity (Wildman–Crippen MR) is 88.1 cm³/mol. The first-order valence-electron chi connectivity index (χ1n) is 8.66. The summed E-state index contributed by atoms with van der Waals surface area (Å²) in [6, 6.07) is 0.445. The Morgan fingerprint density at radius 2 is 2.00 bits per heavy atom. The molecule has 126 valence electrons. The Balaban J connectivity index is 1.44. The van der Waals surface area contributed by atoms with Crippen LogP contribution in [-0.2, 0) is 9.47 Å². The first-order chi connectivity index (χ1) is 10.7. The normalized spacial score (nSPS) is 31.4. The van der Waals surface area contributed by atoms with Crippen LogP contribution in [0.1, 0.15) is 45.4 Å². The molecule has 2 heterocycles. The first-order valence-corrected chi connectivity index (χ1v) is 9.70. The summed E-state index contributed by atoms with van der Waals surface area (Å²) in [5.74, 6) is 0.768. The van der Waals surface area contributed by atoms with Crippen molar-refractivity contribution in [3.05, 3.63) is 0 Å². The zero-order valence-electron chi connectivity index (χ0n) is 13.5. The fourth-order valence-electron chi connectivity index (χ4n) is 3.77. The number of carbonyl (C=O) groups is 1. The number of carbonyl (C=O) groups excluding carboxylic acids is 1. The highest BCUT2D eigenvalue weighted by atomic mass is 32.2. The van der Waals surface area contributed by atoms with E-state index < -0.39 is 5.79 Å². The molecule has 6 heteroatoms. The molecular weight excluding hydrogens is 300 g/mol. The Morgan fingerprint density at radius 1 is 1.27 bits per heavy atom. The van der Waals surface area contributed by atoms with E-state index in [1.807, 2.05) is 16.7 Å². The van der Waals surface area contributed by atoms with Crippen molar-refractivity contribution < 1.29 is 14.3 Å². The highest BCUT2D eigenvalue weighted by Gasteiger charge is 2.41. The molecule has 0 aromatic carbocycles. The molecule has 1 aliphatic carbocycles. The van der Waals surface area contributed by atoms with Crippen LogP contribution >= 0.6 is 11.8 Å². The minimum Gasteiger partial charge on any atom is -0.347 e. The Kier molecular flexibility index (Phi) is 5.52. The maximum absolute atomic E-state index is 12.5. The third-order valence-electron chi connectivity index (χ3n) is 4.98. The number of hydrogen-bond acceptors (Lipinski definition) is 4. The zero-order valence-corrected chi connectivity index (χ0v) is 14.3. The van der Waals surface area contributed by atoms with Gasteiger partial charge in [0, 0.05) is 37.2 Å². The first kappa shape index (κ1) is 16.4. The molecule has 3 rings (SSSR count). The van der Waals surface area contributed by atoms with E-state index in [2.05, 4.69) is 12.2 Å². The van der Waals surface area contributed by atoms with Gasteiger partial charge in [0.05, 0.1) is 13.2 Å². The Hall–Kier alpha value is -0.460. The molecule has 2 amide bonds. The summed E-state index contributed by atoms with van der Waals surface area (Å²) in [5, 5.41) is 3.96. The number of nitrogens with one attached hydrogen (secondary N) is 1. The van der Waals surface area contributed by atoms with E-state index in [4.69, 9.17) is 9.47 Å². The summed E-state index contributed by atoms with van der Waals surface area (Å²) in [5.41, 5.74) is 0. The Labute approximate surface area is 137 Å². The minimum atomic E-state index is -0.398. The van der Waals surface area contributed by atoms with Crippen LogP contribution in [0.3, 0.4) is 0 Å². The van der Waals surface area contributed by atoms with Gasteiger partial charge in [-0.05, 0) is 25.0 Å². The summed E-state index contributed by atoms with van der Waals surface area (Å²) in [4.78, 5) is 14.4. The lowest BCUT2D eigenvalue weighted by molar-refractivity contribution is -0.181. The maximum Gasteiger partial charge on any atom is 0.317 e. The van der Waals surface area contributed by atoms with Crippen molar-refractivity contribution in [2.75, 3.05) is 32.1 Å². The van der Waals surface area contributed by atoms with Gasteiger partial charge in [-0.1, -0.05) is 13.3 Å². The van der Waals surface area contributed by atoms with Crippen LogP contribution in [0.2, 0.25) is 0 Å². The van der Waals surface area contributed by atoms with Gasteiger partial charge in [-0.2, -0.15) is 11.8 Å². The number of rotatable bonds is 3. The van der Waals surface area contributed by atoms with E-state index in [-0.39, 0.29) is 6.03 Å². The molecule has 0 aromatic heterocycles. The largest absolute Gasteiger partial charge is 0.347 e. The summed E-state index contributed by atoms with van der Waals surface area (Å²) < 4.78 is 11.4. The number of hydrogen-bond donors (Lipinski definition) is 1. The van der Waals surface area contributed by atoms with E-state index >= 15 is 0 Å². The topological polar surface area (TPSA) is 50.8 Å². The van der Waals surface area contributed by atoms with E-state index in [0.717, 1.165) is 38.8 Å². The van der Waals surface area contributed by atoms with Gasteiger partial charge in [0.25, 0.3) is 0 Å². The number of likely N-dealkylation sites (tertiary alicyclic amines) is 1. The smallest absolute Gasteiger partial charge is 0.317 e. The average molecular weight is 328 g/mol. The molecule has 3 fully saturated rings. The number of nitrogens with zero attached hydrogens (tertiary/aromatic N) is 1. The fourth-order valence-corrected chi connectivity index (χ4v) is 4.94. The van der Waals surface area contributed by atoms with Crippen molar-refractivity contribution in [1.29, 1.82) is 0 Å². The molecule has 2 saturated heterocycles. The van der Waals surface area contributed by atoms with Crippen LogP contribution < -0.4 is 5.32 Å². The van der Waals surface area contributed by atoms with Crippen LogP contribution in [0.15, 0.2) is 0 Å². The van der Waals surface area contributed by atoms with E-state index in [1.165, 1.54) is 18.6 Å². The zero-order chi connectivity index (χ0) is 15.4. The van der Waals surface area contributed by atoms with Crippen LogP contribution in [0.5, 0.6) is 0 Å². The number of thioether (sulfide) groups is 1. The lowest BCUT2D eigenvalue weighted by atomic mass is 9.95. The van der Waals surface area contributed by atoms with Gasteiger partial charge < -0.3 is 19.7 Å². The summed E-state index contributed by atoms with van der Waals surface area (Å²) in [6.45, 7) is 5.04. The third kappa shape index (κ3) is 3.89. The van der Waals surface area contributed by atoms with Gasteiger partial charge in [0.1, 0.15) is 0 Å². The second kappa shape index (κ2) is 7.41. The summed E-state index contributed by atoms with van der Waals surface area (Å²) in [7, 11) is 0. The lowest BCUT2D eigenvalue weighted by Gasteiger charge is -2.38. The second-order valence-corrected chi connectivity index (χ2v) is 8.06. The highest BCUT2D eigenvalue weighted by Crippen LogP contribution is 2.32. The molecule has 22 heavy (non-hydrogen) atoms. The standard InChI is InChI=1S/C16H28N2O3S/c1-2-22-14-5-3-4-13(12-14)17-15(19)18-8-6-16(7-9-18)20-10-11-21-16/h13-14H,2-12H2,1H3,(H,17,19). The predicted octanol–water partition coefficient (Wildman–Crippen LogP) is 2.60. The Bertz CT molecular complexity index is 376. The van der Waals surface area contributed by atoms with E-state index in [1.54, 1.807) is 0 Å². The maximum atomic E-state index is 12.5. The van der Waals surface area contributed by atoms with Crippen molar-refractivity contribution in [3.63, 3.8) is 0 Å². The molecule has 0 radical (unpaired) electrons. The molecule has 0 bridgehead atoms. The summed E-state index contributed by atoms with van der Waals surface area (Å²) in [6.07, 6.45) is 6.35. The third-order valence-corrected chi connectivity index (χ3v) is 6.21. The van der Waals surface area contributed by atoms with E-state index in [0.29, 0.717) is 24.5 Å².